The molecule has 0 fully saturated rings. The molecule has 0 unspecified atom stereocenters. The molecule has 0 saturated carbocycles. The van der Waals surface area contributed by atoms with Crippen LogP contribution in [0.2, 0.25) is 0 Å². The van der Waals surface area contributed by atoms with E-state index in [1.165, 1.54) is 12.0 Å². The number of ether oxygens (including phenoxy) is 1. The van der Waals surface area contributed by atoms with E-state index in [0.29, 0.717) is 6.61 Å². The first-order chi connectivity index (χ1) is 13.2. The Morgan fingerprint density at radius 3 is 2.81 bits per heavy atom. The Bertz CT molecular complexity index is 918. The molecule has 0 atom stereocenters. The number of aromatic nitrogens is 3. The fourth-order valence-electron chi connectivity index (χ4n) is 2.88. The second-order valence-electron chi connectivity index (χ2n) is 6.18. The molecule has 1 aliphatic carbocycles. The number of hydrogen-bond donors (Lipinski definition) is 0. The van der Waals surface area contributed by atoms with Gasteiger partial charge in [-0.2, -0.15) is 0 Å². The van der Waals surface area contributed by atoms with Crippen LogP contribution in [-0.2, 0) is 11.2 Å². The molecule has 4 nitrogen and oxygen atoms in total. The molecule has 0 aromatic carbocycles. The van der Waals surface area contributed by atoms with E-state index in [-0.39, 0.29) is 0 Å². The zero-order valence-corrected chi connectivity index (χ0v) is 16.3. The number of fused-ring (bicyclic) bond motifs is 1. The normalized spacial score (nSPS) is 12.7. The van der Waals surface area contributed by atoms with Crippen LogP contribution >= 0.6 is 11.3 Å². The minimum absolute atomic E-state index is 0.653. The summed E-state index contributed by atoms with van der Waals surface area (Å²) in [5.74, 6) is 0. The molecule has 0 N–H and O–H groups in total. The Morgan fingerprint density at radius 2 is 2.11 bits per heavy atom. The molecule has 0 radical (unpaired) electrons. The predicted molar refractivity (Wildman–Crippen MR) is 113 cm³/mol. The van der Waals surface area contributed by atoms with Gasteiger partial charge in [0.15, 0.2) is 0 Å². The van der Waals surface area contributed by atoms with Crippen molar-refractivity contribution in [2.75, 3.05) is 13.7 Å². The van der Waals surface area contributed by atoms with Crippen molar-refractivity contribution in [3.8, 4) is 21.1 Å². The van der Waals surface area contributed by atoms with Gasteiger partial charge in [-0.1, -0.05) is 18.7 Å². The lowest BCUT2D eigenvalue weighted by molar-refractivity contribution is 0.234. The van der Waals surface area contributed by atoms with Gasteiger partial charge in [-0.25, -0.2) is 9.97 Å². The quantitative estimate of drug-likeness (QED) is 0.568. The van der Waals surface area contributed by atoms with Crippen LogP contribution in [0.5, 0.6) is 0 Å². The summed E-state index contributed by atoms with van der Waals surface area (Å²) in [6, 6.07) is 8.23. The van der Waals surface area contributed by atoms with Crippen LogP contribution in [-0.4, -0.2) is 28.7 Å². The Kier molecular flexibility index (Phi) is 6.63. The molecule has 5 heteroatoms. The molecule has 3 aromatic rings. The van der Waals surface area contributed by atoms with Gasteiger partial charge in [-0.3, -0.25) is 4.98 Å². The number of pyridine rings is 2. The Labute approximate surface area is 164 Å². The third-order valence-corrected chi connectivity index (χ3v) is 5.26. The molecule has 0 aliphatic heterocycles. The Morgan fingerprint density at radius 1 is 1.22 bits per heavy atom. The van der Waals surface area contributed by atoms with E-state index in [9.17, 15) is 0 Å². The van der Waals surface area contributed by atoms with E-state index in [4.69, 9.17) is 4.98 Å². The summed E-state index contributed by atoms with van der Waals surface area (Å²) in [6.07, 6.45) is 10.5. The van der Waals surface area contributed by atoms with E-state index in [1.54, 1.807) is 30.7 Å². The van der Waals surface area contributed by atoms with E-state index in [2.05, 4.69) is 40.0 Å². The van der Waals surface area contributed by atoms with Gasteiger partial charge in [0, 0.05) is 31.3 Å². The number of thiazole rings is 1. The van der Waals surface area contributed by atoms with Crippen molar-refractivity contribution in [3.05, 3.63) is 73.3 Å². The third-order valence-electron chi connectivity index (χ3n) is 4.19. The van der Waals surface area contributed by atoms with Crippen LogP contribution in [0.15, 0.2) is 62.1 Å². The first kappa shape index (κ1) is 19.1. The van der Waals surface area contributed by atoms with Crippen molar-refractivity contribution in [2.45, 2.75) is 19.3 Å². The van der Waals surface area contributed by atoms with Gasteiger partial charge in [0.25, 0.3) is 0 Å². The zero-order valence-electron chi connectivity index (χ0n) is 15.5. The summed E-state index contributed by atoms with van der Waals surface area (Å²) >= 11 is 1.65. The number of rotatable bonds is 4. The van der Waals surface area contributed by atoms with Crippen LogP contribution in [0.3, 0.4) is 0 Å². The molecule has 4 rings (SSSR count). The van der Waals surface area contributed by atoms with Gasteiger partial charge in [-0.15, -0.1) is 17.9 Å². The summed E-state index contributed by atoms with van der Waals surface area (Å²) in [6.45, 7) is 8.24. The van der Waals surface area contributed by atoms with Gasteiger partial charge in [-0.05, 0) is 48.6 Å². The van der Waals surface area contributed by atoms with Crippen LogP contribution in [0.1, 0.15) is 24.1 Å². The van der Waals surface area contributed by atoms with Crippen LogP contribution in [0.25, 0.3) is 26.7 Å². The van der Waals surface area contributed by atoms with Crippen molar-refractivity contribution in [1.29, 1.82) is 0 Å². The van der Waals surface area contributed by atoms with Gasteiger partial charge in [0.05, 0.1) is 22.9 Å². The molecule has 1 aliphatic rings. The van der Waals surface area contributed by atoms with Crippen molar-refractivity contribution in [3.63, 3.8) is 0 Å². The van der Waals surface area contributed by atoms with Crippen LogP contribution < -0.4 is 0 Å². The smallest absolute Gasteiger partial charge is 0.125 e. The number of allylic oxidation sites excluding steroid dienone is 1. The molecule has 138 valence electrons. The standard InChI is InChI=1S/C18H15N3S.C4H8O/c1-12-4-2-5-13-7-8-15(21-17(12)13)16-11-20-18(22-16)14-6-3-9-19-10-14;1-3-4-5-2/h3,6-11H,1-2,4-5H2;3H,1,4H2,2H3. The molecule has 0 spiro atoms. The average molecular weight is 378 g/mol. The lowest BCUT2D eigenvalue weighted by Crippen LogP contribution is -2.04. The maximum atomic E-state index is 4.83. The topological polar surface area (TPSA) is 47.9 Å². The summed E-state index contributed by atoms with van der Waals surface area (Å²) in [5.41, 5.74) is 5.58. The minimum Gasteiger partial charge on any atom is -0.381 e. The summed E-state index contributed by atoms with van der Waals surface area (Å²) in [7, 11) is 1.64. The summed E-state index contributed by atoms with van der Waals surface area (Å²) in [5, 5.41) is 0.974. The molecule has 3 aromatic heterocycles. The molecule has 27 heavy (non-hydrogen) atoms. The van der Waals surface area contributed by atoms with Gasteiger partial charge >= 0.3 is 0 Å². The van der Waals surface area contributed by atoms with Crippen LogP contribution in [0, 0.1) is 0 Å². The van der Waals surface area contributed by atoms with Crippen molar-refractivity contribution < 1.29 is 4.74 Å². The van der Waals surface area contributed by atoms with E-state index < -0.39 is 0 Å². The van der Waals surface area contributed by atoms with E-state index >= 15 is 0 Å². The maximum absolute atomic E-state index is 4.83. The first-order valence-electron chi connectivity index (χ1n) is 8.87. The number of nitrogens with zero attached hydrogens (tertiary/aromatic N) is 3. The summed E-state index contributed by atoms with van der Waals surface area (Å²) in [4.78, 5) is 14.6. The Balaban J connectivity index is 0.000000376. The van der Waals surface area contributed by atoms with Gasteiger partial charge < -0.3 is 4.74 Å². The molecule has 3 heterocycles. The second-order valence-corrected chi connectivity index (χ2v) is 7.21. The lowest BCUT2D eigenvalue weighted by atomic mass is 9.92. The number of methoxy groups -OCH3 is 1. The molecule has 0 saturated heterocycles. The average Bonchev–Trinajstić information content (AvgIpc) is 3.20. The zero-order chi connectivity index (χ0) is 19.1. The lowest BCUT2D eigenvalue weighted by Gasteiger charge is -2.17. The van der Waals surface area contributed by atoms with Crippen LogP contribution in [0.4, 0.5) is 0 Å². The SMILES string of the molecule is C=C1CCCc2ccc(-c3cnc(-c4cccnc4)s3)nc21.C=CCOC. The highest BCUT2D eigenvalue weighted by Crippen LogP contribution is 2.34. The monoisotopic (exact) mass is 377 g/mol. The van der Waals surface area contributed by atoms with Crippen molar-refractivity contribution in [2.24, 2.45) is 0 Å². The molecule has 0 amide bonds. The summed E-state index contributed by atoms with van der Waals surface area (Å²) < 4.78 is 4.57. The van der Waals surface area contributed by atoms with E-state index in [1.807, 2.05) is 24.5 Å². The Hall–Kier alpha value is -2.63. The first-order valence-corrected chi connectivity index (χ1v) is 9.69. The number of hydrogen-bond acceptors (Lipinski definition) is 5. The third kappa shape index (κ3) is 4.76. The number of aryl methyl sites for hydroxylation is 1. The molecule has 0 bridgehead atoms. The predicted octanol–water partition coefficient (Wildman–Crippen LogP) is 5.44. The largest absolute Gasteiger partial charge is 0.381 e. The van der Waals surface area contributed by atoms with Gasteiger partial charge in [0.1, 0.15) is 5.01 Å². The highest BCUT2D eigenvalue weighted by atomic mass is 32.1. The molecular weight excluding hydrogens is 354 g/mol. The highest BCUT2D eigenvalue weighted by Gasteiger charge is 2.16. The highest BCUT2D eigenvalue weighted by molar-refractivity contribution is 7.18. The molecular formula is C22H23N3OS. The maximum Gasteiger partial charge on any atom is 0.125 e. The minimum atomic E-state index is 0.653. The fraction of sp³-hybridized carbons (Fsp3) is 0.227. The van der Waals surface area contributed by atoms with E-state index in [0.717, 1.165) is 45.3 Å². The fourth-order valence-corrected chi connectivity index (χ4v) is 3.75. The van der Waals surface area contributed by atoms with Crippen molar-refractivity contribution in [1.82, 2.24) is 15.0 Å². The van der Waals surface area contributed by atoms with Crippen molar-refractivity contribution >= 4 is 16.9 Å². The second kappa shape index (κ2) is 9.35. The van der Waals surface area contributed by atoms with Gasteiger partial charge in [0.2, 0.25) is 0 Å².